The molecule has 1 heterocycles. The average molecular weight is 161 g/mol. The zero-order valence-electron chi connectivity index (χ0n) is 6.71. The second-order valence-electron chi connectivity index (χ2n) is 2.75. The van der Waals surface area contributed by atoms with Gasteiger partial charge in [-0.25, -0.2) is 4.98 Å². The van der Waals surface area contributed by atoms with Crippen molar-refractivity contribution in [2.24, 2.45) is 0 Å². The Morgan fingerprint density at radius 3 is 2.83 bits per heavy atom. The van der Waals surface area contributed by atoms with E-state index in [1.165, 1.54) is 6.07 Å². The summed E-state index contributed by atoms with van der Waals surface area (Å²) >= 11 is 0. The lowest BCUT2D eigenvalue weighted by molar-refractivity contribution is 0.583. The van der Waals surface area contributed by atoms with Gasteiger partial charge in [0.05, 0.1) is 0 Å². The number of pyridine rings is 1. The maximum atomic E-state index is 12.8. The van der Waals surface area contributed by atoms with Crippen LogP contribution in [0.25, 0.3) is 10.8 Å². The van der Waals surface area contributed by atoms with E-state index in [2.05, 4.69) is 4.98 Å². The smallest absolute Gasteiger partial charge is 0.213 e. The third kappa shape index (κ3) is 1.05. The van der Waals surface area contributed by atoms with Gasteiger partial charge in [-0.1, -0.05) is 24.3 Å². The summed E-state index contributed by atoms with van der Waals surface area (Å²) in [6.07, 6.45) is 0. The van der Waals surface area contributed by atoms with Gasteiger partial charge in [-0.2, -0.15) is 4.39 Å². The lowest BCUT2D eigenvalue weighted by Crippen LogP contribution is -1.87. The van der Waals surface area contributed by atoms with Crippen molar-refractivity contribution in [1.29, 1.82) is 0 Å². The normalized spacial score (nSPS) is 10.5. The monoisotopic (exact) mass is 161 g/mol. The summed E-state index contributed by atoms with van der Waals surface area (Å²) in [5.74, 6) is -0.411. The fraction of sp³-hybridized carbons (Fsp3) is 0.100. The van der Waals surface area contributed by atoms with Gasteiger partial charge in [0.2, 0.25) is 5.95 Å². The van der Waals surface area contributed by atoms with Gasteiger partial charge in [0.15, 0.2) is 0 Å². The zero-order chi connectivity index (χ0) is 8.55. The number of rotatable bonds is 0. The molecule has 0 fully saturated rings. The van der Waals surface area contributed by atoms with Crippen LogP contribution in [0.1, 0.15) is 5.69 Å². The van der Waals surface area contributed by atoms with Gasteiger partial charge in [-0.05, 0) is 12.3 Å². The van der Waals surface area contributed by atoms with Crippen LogP contribution in [0.2, 0.25) is 0 Å². The summed E-state index contributed by atoms with van der Waals surface area (Å²) in [4.78, 5) is 3.74. The van der Waals surface area contributed by atoms with Crippen LogP contribution in [-0.2, 0) is 0 Å². The highest BCUT2D eigenvalue weighted by molar-refractivity contribution is 5.84. The molecule has 60 valence electrons. The van der Waals surface area contributed by atoms with Gasteiger partial charge in [0, 0.05) is 17.1 Å². The molecule has 0 atom stereocenters. The van der Waals surface area contributed by atoms with Crippen LogP contribution in [0.3, 0.4) is 0 Å². The summed E-state index contributed by atoms with van der Waals surface area (Å²) in [5, 5.41) is 1.92. The van der Waals surface area contributed by atoms with E-state index < -0.39 is 5.95 Å². The van der Waals surface area contributed by atoms with E-state index >= 15 is 0 Å². The number of fused-ring (bicyclic) bond motifs is 1. The quantitative estimate of drug-likeness (QED) is 0.541. The van der Waals surface area contributed by atoms with Crippen molar-refractivity contribution < 1.29 is 4.39 Å². The minimum atomic E-state index is -0.411. The first-order valence-electron chi connectivity index (χ1n) is 3.79. The number of hydrogen-bond acceptors (Lipinski definition) is 1. The van der Waals surface area contributed by atoms with Gasteiger partial charge < -0.3 is 0 Å². The molecule has 0 aliphatic heterocycles. The molecule has 0 aliphatic rings. The molecule has 0 radical (unpaired) electrons. The summed E-state index contributed by atoms with van der Waals surface area (Å²) in [7, 11) is 0. The molecule has 0 unspecified atom stereocenters. The number of hydrogen-bond donors (Lipinski definition) is 0. The van der Waals surface area contributed by atoms with Crippen molar-refractivity contribution in [3.8, 4) is 0 Å². The van der Waals surface area contributed by atoms with E-state index in [0.29, 0.717) is 0 Å². The van der Waals surface area contributed by atoms with Crippen LogP contribution in [0.15, 0.2) is 30.3 Å². The molecule has 2 rings (SSSR count). The first-order chi connectivity index (χ1) is 5.77. The average Bonchev–Trinajstić information content (AvgIpc) is 2.04. The van der Waals surface area contributed by atoms with E-state index in [1.54, 1.807) is 0 Å². The third-order valence-electron chi connectivity index (χ3n) is 1.90. The lowest BCUT2D eigenvalue weighted by atomic mass is 10.1. The largest absolute Gasteiger partial charge is 0.224 e. The summed E-state index contributed by atoms with van der Waals surface area (Å²) in [6, 6.07) is 9.09. The Balaban J connectivity index is 2.89. The summed E-state index contributed by atoms with van der Waals surface area (Å²) < 4.78 is 12.8. The van der Waals surface area contributed by atoms with E-state index in [1.807, 2.05) is 31.2 Å². The SMILES string of the molecule is Cc1nc(F)cc2ccccc12. The maximum Gasteiger partial charge on any atom is 0.213 e. The van der Waals surface area contributed by atoms with Gasteiger partial charge >= 0.3 is 0 Å². The summed E-state index contributed by atoms with van der Waals surface area (Å²) in [6.45, 7) is 1.81. The van der Waals surface area contributed by atoms with Gasteiger partial charge in [-0.15, -0.1) is 0 Å². The van der Waals surface area contributed by atoms with Crippen LogP contribution >= 0.6 is 0 Å². The maximum absolute atomic E-state index is 12.8. The Hall–Kier alpha value is -1.44. The van der Waals surface area contributed by atoms with Crippen molar-refractivity contribution in [2.75, 3.05) is 0 Å². The highest BCUT2D eigenvalue weighted by Gasteiger charge is 1.99. The fourth-order valence-electron chi connectivity index (χ4n) is 1.33. The molecule has 12 heavy (non-hydrogen) atoms. The molecule has 1 aromatic carbocycles. The molecule has 0 spiro atoms. The molecule has 0 N–H and O–H groups in total. The Morgan fingerprint density at radius 1 is 1.25 bits per heavy atom. The Bertz CT molecular complexity index is 423. The second-order valence-corrected chi connectivity index (χ2v) is 2.75. The Kier molecular flexibility index (Phi) is 1.54. The number of nitrogens with zero attached hydrogens (tertiary/aromatic N) is 1. The van der Waals surface area contributed by atoms with Crippen molar-refractivity contribution in [1.82, 2.24) is 4.98 Å². The van der Waals surface area contributed by atoms with E-state index in [-0.39, 0.29) is 0 Å². The van der Waals surface area contributed by atoms with Crippen LogP contribution in [0.4, 0.5) is 4.39 Å². The van der Waals surface area contributed by atoms with E-state index in [4.69, 9.17) is 0 Å². The molecular weight excluding hydrogens is 153 g/mol. The van der Waals surface area contributed by atoms with Crippen LogP contribution in [-0.4, -0.2) is 4.98 Å². The molecule has 0 saturated carbocycles. The van der Waals surface area contributed by atoms with Crippen LogP contribution in [0, 0.1) is 12.9 Å². The molecule has 0 saturated heterocycles. The molecular formula is C10H8FN. The molecule has 0 bridgehead atoms. The molecule has 2 aromatic rings. The predicted molar refractivity (Wildman–Crippen MR) is 46.4 cm³/mol. The lowest BCUT2D eigenvalue weighted by Gasteiger charge is -1.99. The molecule has 1 aromatic heterocycles. The number of benzene rings is 1. The van der Waals surface area contributed by atoms with Gasteiger partial charge in [-0.3, -0.25) is 0 Å². The number of aromatic nitrogens is 1. The van der Waals surface area contributed by atoms with Crippen LogP contribution < -0.4 is 0 Å². The number of halogens is 1. The molecule has 0 aliphatic carbocycles. The molecule has 1 nitrogen and oxygen atoms in total. The first kappa shape index (κ1) is 7.22. The standard InChI is InChI=1S/C10H8FN/c1-7-9-5-3-2-4-8(9)6-10(11)12-7/h2-6H,1H3. The van der Waals surface area contributed by atoms with Crippen molar-refractivity contribution in [2.45, 2.75) is 6.92 Å². The highest BCUT2D eigenvalue weighted by Crippen LogP contribution is 2.16. The fourth-order valence-corrected chi connectivity index (χ4v) is 1.33. The second kappa shape index (κ2) is 2.55. The zero-order valence-corrected chi connectivity index (χ0v) is 6.71. The Morgan fingerprint density at radius 2 is 2.00 bits per heavy atom. The van der Waals surface area contributed by atoms with Crippen molar-refractivity contribution in [3.05, 3.63) is 42.0 Å². The minimum Gasteiger partial charge on any atom is -0.224 e. The highest BCUT2D eigenvalue weighted by atomic mass is 19.1. The van der Waals surface area contributed by atoms with E-state index in [0.717, 1.165) is 16.5 Å². The number of aryl methyl sites for hydroxylation is 1. The van der Waals surface area contributed by atoms with Gasteiger partial charge in [0.25, 0.3) is 0 Å². The molecule has 0 amide bonds. The first-order valence-corrected chi connectivity index (χ1v) is 3.79. The predicted octanol–water partition coefficient (Wildman–Crippen LogP) is 2.68. The van der Waals surface area contributed by atoms with Crippen molar-refractivity contribution >= 4 is 10.8 Å². The van der Waals surface area contributed by atoms with E-state index in [9.17, 15) is 4.39 Å². The van der Waals surface area contributed by atoms with Gasteiger partial charge in [0.1, 0.15) is 0 Å². The molecule has 2 heteroatoms. The topological polar surface area (TPSA) is 12.9 Å². The van der Waals surface area contributed by atoms with Crippen molar-refractivity contribution in [3.63, 3.8) is 0 Å². The Labute approximate surface area is 69.9 Å². The van der Waals surface area contributed by atoms with Crippen LogP contribution in [0.5, 0.6) is 0 Å². The third-order valence-corrected chi connectivity index (χ3v) is 1.90. The minimum absolute atomic E-state index is 0.411. The summed E-state index contributed by atoms with van der Waals surface area (Å²) in [5.41, 5.74) is 0.741.